The van der Waals surface area contributed by atoms with E-state index in [0.29, 0.717) is 0 Å². The van der Waals surface area contributed by atoms with Crippen LogP contribution < -0.4 is 5.73 Å². The number of Topliss-reactive ketones (excluding diaryl/α,β-unsaturated/α-hetero) is 1. The molecule has 0 amide bonds. The SMILES string of the molecule is CCCCCCCCCCCC(=O)C(N)(C(=O)OC)n1ccnc1.[NaH].[NaH]. The number of ether oxygens (including phenoxy) is 1. The van der Waals surface area contributed by atoms with Crippen LogP contribution in [0.5, 0.6) is 0 Å². The number of hydrogen-bond donors (Lipinski definition) is 1. The molecule has 0 aliphatic heterocycles. The van der Waals surface area contributed by atoms with Gasteiger partial charge in [-0.3, -0.25) is 10.5 Å². The second-order valence-electron chi connectivity index (χ2n) is 6.23. The van der Waals surface area contributed by atoms with Crippen LogP contribution in [0.2, 0.25) is 0 Å². The van der Waals surface area contributed by atoms with Crippen LogP contribution in [0.1, 0.15) is 71.1 Å². The zero-order valence-electron chi connectivity index (χ0n) is 15.0. The number of carbonyl (C=O) groups excluding carboxylic acids is 2. The molecule has 0 spiro atoms. The average molecular weight is 385 g/mol. The van der Waals surface area contributed by atoms with Gasteiger partial charge in [-0.1, -0.05) is 58.3 Å². The van der Waals surface area contributed by atoms with Crippen LogP contribution in [0, 0.1) is 0 Å². The van der Waals surface area contributed by atoms with Crippen LogP contribution in [-0.4, -0.2) is 87.5 Å². The number of hydrogen-bond acceptors (Lipinski definition) is 5. The van der Waals surface area contributed by atoms with Crippen molar-refractivity contribution in [3.63, 3.8) is 0 Å². The molecule has 0 bridgehead atoms. The third-order valence-electron chi connectivity index (χ3n) is 4.34. The molecule has 1 aromatic heterocycles. The van der Waals surface area contributed by atoms with Crippen LogP contribution in [0.4, 0.5) is 0 Å². The fourth-order valence-electron chi connectivity index (χ4n) is 2.77. The Hall–Kier alpha value is 0.310. The van der Waals surface area contributed by atoms with Gasteiger partial charge in [0.05, 0.1) is 13.4 Å². The molecule has 140 valence electrons. The molecular formula is C18H33N3Na2O3. The summed E-state index contributed by atoms with van der Waals surface area (Å²) in [5.74, 6) is -1.10. The summed E-state index contributed by atoms with van der Waals surface area (Å²) in [7, 11) is 1.23. The van der Waals surface area contributed by atoms with Gasteiger partial charge >= 0.3 is 65.1 Å². The van der Waals surface area contributed by atoms with Gasteiger partial charge in [0.25, 0.3) is 5.66 Å². The van der Waals surface area contributed by atoms with Gasteiger partial charge in [0.2, 0.25) is 0 Å². The number of carbonyl (C=O) groups is 2. The third kappa shape index (κ3) is 9.00. The molecule has 1 heterocycles. The van der Waals surface area contributed by atoms with Crippen molar-refractivity contribution in [1.82, 2.24) is 9.55 Å². The zero-order valence-corrected chi connectivity index (χ0v) is 15.0. The van der Waals surface area contributed by atoms with Crippen molar-refractivity contribution in [2.24, 2.45) is 5.73 Å². The number of unbranched alkanes of at least 4 members (excludes halogenated alkanes) is 8. The first-order chi connectivity index (χ1) is 11.6. The monoisotopic (exact) mass is 385 g/mol. The summed E-state index contributed by atoms with van der Waals surface area (Å²) in [6, 6.07) is 0. The Bertz CT molecular complexity index is 498. The maximum atomic E-state index is 12.5. The predicted octanol–water partition coefficient (Wildman–Crippen LogP) is 1.86. The first-order valence-corrected chi connectivity index (χ1v) is 8.96. The topological polar surface area (TPSA) is 87.2 Å². The van der Waals surface area contributed by atoms with E-state index in [4.69, 9.17) is 10.5 Å². The quantitative estimate of drug-likeness (QED) is 0.242. The van der Waals surface area contributed by atoms with Crippen LogP contribution in [0.25, 0.3) is 0 Å². The fraction of sp³-hybridized carbons (Fsp3) is 0.722. The van der Waals surface area contributed by atoms with Crippen molar-refractivity contribution < 1.29 is 14.3 Å². The number of imidazole rings is 1. The molecule has 0 radical (unpaired) electrons. The van der Waals surface area contributed by atoms with Crippen molar-refractivity contribution in [3.05, 3.63) is 18.7 Å². The van der Waals surface area contributed by atoms with Crippen molar-refractivity contribution in [1.29, 1.82) is 0 Å². The third-order valence-corrected chi connectivity index (χ3v) is 4.34. The molecule has 8 heteroatoms. The minimum absolute atomic E-state index is 0. The summed E-state index contributed by atoms with van der Waals surface area (Å²) in [5.41, 5.74) is 4.26. The Morgan fingerprint density at radius 2 is 1.58 bits per heavy atom. The molecule has 0 fully saturated rings. The van der Waals surface area contributed by atoms with Crippen LogP contribution in [-0.2, 0) is 20.0 Å². The molecular weight excluding hydrogens is 352 g/mol. The first-order valence-electron chi connectivity index (χ1n) is 8.96. The van der Waals surface area contributed by atoms with Gasteiger partial charge in [-0.05, 0) is 6.42 Å². The summed E-state index contributed by atoms with van der Waals surface area (Å²) in [5, 5.41) is 0. The van der Waals surface area contributed by atoms with Crippen LogP contribution >= 0.6 is 0 Å². The standard InChI is InChI=1S/C18H31N3O3.2Na.2H/c1-3-4-5-6-7-8-9-10-11-12-16(22)18(19,17(23)24-2)21-14-13-20-15-21;;;;/h13-15H,3-12,19H2,1-2H3;;;;. The van der Waals surface area contributed by atoms with Crippen molar-refractivity contribution in [2.75, 3.05) is 7.11 Å². The van der Waals surface area contributed by atoms with Gasteiger partial charge in [0.15, 0.2) is 5.78 Å². The van der Waals surface area contributed by atoms with Crippen molar-refractivity contribution in [2.45, 2.75) is 76.8 Å². The Labute approximate surface area is 201 Å². The first kappa shape index (κ1) is 28.5. The van der Waals surface area contributed by atoms with Gasteiger partial charge < -0.3 is 9.30 Å². The van der Waals surface area contributed by atoms with E-state index in [-0.39, 0.29) is 71.3 Å². The average Bonchev–Trinajstić information content (AvgIpc) is 3.13. The molecule has 0 aromatic carbocycles. The summed E-state index contributed by atoms with van der Waals surface area (Å²) in [4.78, 5) is 28.4. The molecule has 1 atom stereocenters. The Morgan fingerprint density at radius 1 is 1.04 bits per heavy atom. The summed E-state index contributed by atoms with van der Waals surface area (Å²) >= 11 is 0. The number of rotatable bonds is 13. The van der Waals surface area contributed by atoms with E-state index in [2.05, 4.69) is 11.9 Å². The Kier molecular flexibility index (Phi) is 17.9. The van der Waals surface area contributed by atoms with Crippen LogP contribution in [0.3, 0.4) is 0 Å². The van der Waals surface area contributed by atoms with E-state index in [1.54, 1.807) is 0 Å². The molecule has 1 rings (SSSR count). The number of nitrogens with two attached hydrogens (primary N) is 1. The number of nitrogens with zero attached hydrogens (tertiary/aromatic N) is 2. The van der Waals surface area contributed by atoms with Crippen molar-refractivity contribution >= 4 is 70.9 Å². The summed E-state index contributed by atoms with van der Waals surface area (Å²) in [6.07, 6.45) is 15.1. The molecule has 0 saturated heterocycles. The van der Waals surface area contributed by atoms with E-state index in [1.807, 2.05) is 0 Å². The van der Waals surface area contributed by atoms with E-state index >= 15 is 0 Å². The maximum absolute atomic E-state index is 12.5. The number of esters is 1. The Morgan fingerprint density at radius 3 is 2.04 bits per heavy atom. The van der Waals surface area contributed by atoms with Gasteiger partial charge in [-0.15, -0.1) is 0 Å². The number of ketones is 1. The second kappa shape index (κ2) is 16.3. The normalized spacial score (nSPS) is 12.4. The van der Waals surface area contributed by atoms with Crippen molar-refractivity contribution in [3.8, 4) is 0 Å². The minimum atomic E-state index is -1.81. The molecule has 6 nitrogen and oxygen atoms in total. The number of aromatic nitrogens is 2. The van der Waals surface area contributed by atoms with Gasteiger partial charge in [-0.25, -0.2) is 9.78 Å². The molecule has 0 aliphatic rings. The van der Waals surface area contributed by atoms with E-state index < -0.39 is 11.6 Å². The molecule has 0 saturated carbocycles. The fourth-order valence-corrected chi connectivity index (χ4v) is 2.77. The second-order valence-corrected chi connectivity index (χ2v) is 6.23. The molecule has 1 aromatic rings. The van der Waals surface area contributed by atoms with Crippen LogP contribution in [0.15, 0.2) is 18.7 Å². The molecule has 0 aliphatic carbocycles. The number of methoxy groups -OCH3 is 1. The summed E-state index contributed by atoms with van der Waals surface area (Å²) in [6.45, 7) is 2.21. The van der Waals surface area contributed by atoms with E-state index in [0.717, 1.165) is 19.3 Å². The Balaban J connectivity index is 0. The van der Waals surface area contributed by atoms with Gasteiger partial charge in [0, 0.05) is 18.8 Å². The van der Waals surface area contributed by atoms with E-state index in [1.165, 1.54) is 68.9 Å². The molecule has 2 N–H and O–H groups in total. The summed E-state index contributed by atoms with van der Waals surface area (Å²) < 4.78 is 6.03. The predicted molar refractivity (Wildman–Crippen MR) is 108 cm³/mol. The van der Waals surface area contributed by atoms with E-state index in [9.17, 15) is 9.59 Å². The molecule has 1 unspecified atom stereocenters. The van der Waals surface area contributed by atoms with Gasteiger partial charge in [0.1, 0.15) is 0 Å². The molecule has 26 heavy (non-hydrogen) atoms. The van der Waals surface area contributed by atoms with Gasteiger partial charge in [-0.2, -0.15) is 0 Å². The zero-order chi connectivity index (χ0) is 17.8.